The predicted octanol–water partition coefficient (Wildman–Crippen LogP) is 4.39. The predicted molar refractivity (Wildman–Crippen MR) is 48.0 cm³/mol. The third-order valence-electron chi connectivity index (χ3n) is 1.91. The van der Waals surface area contributed by atoms with Crippen LogP contribution in [0.1, 0.15) is 11.1 Å². The van der Waals surface area contributed by atoms with E-state index in [0.29, 0.717) is 12.1 Å². The van der Waals surface area contributed by atoms with Crippen LogP contribution in [0, 0.1) is 0 Å². The first-order valence-corrected chi connectivity index (χ1v) is 4.47. The van der Waals surface area contributed by atoms with Gasteiger partial charge >= 0.3 is 12.4 Å². The smallest absolute Gasteiger partial charge is 0.421 e. The Morgan fingerprint density at radius 3 is 1.88 bits per heavy atom. The molecule has 0 aromatic heterocycles. The Hall–Kier alpha value is -1.11. The first kappa shape index (κ1) is 14.0. The Bertz CT molecular complexity index is 423. The van der Waals surface area contributed by atoms with Crippen molar-refractivity contribution in [1.82, 2.24) is 0 Å². The zero-order valence-electron chi connectivity index (χ0n) is 8.21. The van der Waals surface area contributed by atoms with Crippen LogP contribution in [-0.2, 0) is 12.4 Å². The normalized spacial score (nSPS) is 12.7. The van der Waals surface area contributed by atoms with Crippen LogP contribution >= 0.6 is 11.6 Å². The van der Waals surface area contributed by atoms with Crippen LogP contribution in [0.4, 0.5) is 26.3 Å². The van der Waals surface area contributed by atoms with Gasteiger partial charge in [-0.2, -0.15) is 26.3 Å². The zero-order chi connectivity index (χ0) is 13.4. The molecule has 96 valence electrons. The lowest BCUT2D eigenvalue weighted by molar-refractivity contribution is -0.143. The van der Waals surface area contributed by atoms with Gasteiger partial charge in [0.2, 0.25) is 0 Å². The molecule has 8 heteroatoms. The molecule has 0 saturated heterocycles. The van der Waals surface area contributed by atoms with E-state index in [1.54, 1.807) is 0 Å². The van der Waals surface area contributed by atoms with Crippen molar-refractivity contribution >= 4 is 11.6 Å². The van der Waals surface area contributed by atoms with Gasteiger partial charge in [0.05, 0.1) is 17.7 Å². The molecule has 1 rings (SSSR count). The van der Waals surface area contributed by atoms with E-state index in [0.717, 1.165) is 7.11 Å². The van der Waals surface area contributed by atoms with E-state index in [1.807, 2.05) is 0 Å². The number of ether oxygens (including phenoxy) is 1. The number of hydrogen-bond acceptors (Lipinski definition) is 1. The van der Waals surface area contributed by atoms with Crippen LogP contribution in [0.2, 0.25) is 5.02 Å². The fourth-order valence-corrected chi connectivity index (χ4v) is 1.58. The fourth-order valence-electron chi connectivity index (χ4n) is 1.21. The van der Waals surface area contributed by atoms with Crippen molar-refractivity contribution in [3.63, 3.8) is 0 Å². The number of halogens is 7. The minimum atomic E-state index is -5.02. The van der Waals surface area contributed by atoms with Crippen molar-refractivity contribution in [3.05, 3.63) is 28.3 Å². The van der Waals surface area contributed by atoms with E-state index in [2.05, 4.69) is 4.74 Å². The molecule has 0 heterocycles. The molecule has 0 bridgehead atoms. The SMILES string of the molecule is COc1ccc(C(F)(F)F)c(Cl)c1C(F)(F)F. The van der Waals surface area contributed by atoms with Crippen LogP contribution in [0.25, 0.3) is 0 Å². The van der Waals surface area contributed by atoms with Gasteiger partial charge in [-0.05, 0) is 12.1 Å². The highest BCUT2D eigenvalue weighted by Gasteiger charge is 2.42. The Morgan fingerprint density at radius 2 is 1.53 bits per heavy atom. The lowest BCUT2D eigenvalue weighted by Crippen LogP contribution is -2.13. The summed E-state index contributed by atoms with van der Waals surface area (Å²) in [6, 6.07) is 1.02. The molecule has 0 atom stereocenters. The second-order valence-corrected chi connectivity index (χ2v) is 3.38. The topological polar surface area (TPSA) is 9.23 Å². The Balaban J connectivity index is 3.55. The quantitative estimate of drug-likeness (QED) is 0.693. The van der Waals surface area contributed by atoms with E-state index in [4.69, 9.17) is 11.6 Å². The standard InChI is InChI=1S/C9H5ClF6O/c1-17-5-3-2-4(8(11,12)13)7(10)6(5)9(14,15)16/h2-3H,1H3. The van der Waals surface area contributed by atoms with Crippen molar-refractivity contribution in [2.75, 3.05) is 7.11 Å². The lowest BCUT2D eigenvalue weighted by Gasteiger charge is -2.17. The zero-order valence-corrected chi connectivity index (χ0v) is 8.96. The average molecular weight is 279 g/mol. The van der Waals surface area contributed by atoms with Gasteiger partial charge in [-0.1, -0.05) is 11.6 Å². The Kier molecular flexibility index (Phi) is 3.52. The maximum atomic E-state index is 12.5. The third-order valence-corrected chi connectivity index (χ3v) is 2.31. The van der Waals surface area contributed by atoms with Crippen LogP contribution in [0.3, 0.4) is 0 Å². The van der Waals surface area contributed by atoms with Crippen molar-refractivity contribution in [2.24, 2.45) is 0 Å². The summed E-state index contributed by atoms with van der Waals surface area (Å²) in [5.74, 6) is -0.754. The number of hydrogen-bond donors (Lipinski definition) is 0. The first-order chi connectivity index (χ1) is 7.59. The minimum Gasteiger partial charge on any atom is -0.496 e. The summed E-state index contributed by atoms with van der Waals surface area (Å²) < 4.78 is 79.0. The van der Waals surface area contributed by atoms with Crippen LogP contribution in [-0.4, -0.2) is 7.11 Å². The number of benzene rings is 1. The number of rotatable bonds is 1. The maximum absolute atomic E-state index is 12.5. The molecular weight excluding hydrogens is 274 g/mol. The van der Waals surface area contributed by atoms with Gasteiger partial charge in [-0.3, -0.25) is 0 Å². The average Bonchev–Trinajstić information content (AvgIpc) is 2.12. The largest absolute Gasteiger partial charge is 0.496 e. The van der Waals surface area contributed by atoms with E-state index in [-0.39, 0.29) is 0 Å². The first-order valence-electron chi connectivity index (χ1n) is 4.10. The summed E-state index contributed by atoms with van der Waals surface area (Å²) in [5.41, 5.74) is -3.18. The molecule has 0 unspecified atom stereocenters. The Morgan fingerprint density at radius 1 is 1.00 bits per heavy atom. The van der Waals surface area contributed by atoms with E-state index in [9.17, 15) is 26.3 Å². The van der Waals surface area contributed by atoms with Gasteiger partial charge < -0.3 is 4.74 Å². The molecule has 0 saturated carbocycles. The van der Waals surface area contributed by atoms with Gasteiger partial charge in [-0.15, -0.1) is 0 Å². The number of alkyl halides is 6. The van der Waals surface area contributed by atoms with Crippen LogP contribution in [0.15, 0.2) is 12.1 Å². The van der Waals surface area contributed by atoms with Crippen molar-refractivity contribution in [1.29, 1.82) is 0 Å². The Labute approximate surface area is 96.9 Å². The summed E-state index contributed by atoms with van der Waals surface area (Å²) in [7, 11) is 0.911. The molecule has 0 aliphatic carbocycles. The fraction of sp³-hybridized carbons (Fsp3) is 0.333. The summed E-state index contributed by atoms with van der Waals surface area (Å²) in [4.78, 5) is 0. The second kappa shape index (κ2) is 4.29. The van der Waals surface area contributed by atoms with E-state index in [1.165, 1.54) is 0 Å². The van der Waals surface area contributed by atoms with E-state index < -0.39 is 34.3 Å². The van der Waals surface area contributed by atoms with Crippen LogP contribution in [0.5, 0.6) is 5.75 Å². The second-order valence-electron chi connectivity index (χ2n) is 3.00. The lowest BCUT2D eigenvalue weighted by atomic mass is 10.1. The molecule has 1 nitrogen and oxygen atoms in total. The van der Waals surface area contributed by atoms with Crippen molar-refractivity contribution < 1.29 is 31.1 Å². The third kappa shape index (κ3) is 2.77. The van der Waals surface area contributed by atoms with Gasteiger partial charge in [0.15, 0.2) is 0 Å². The minimum absolute atomic E-state index is 0.441. The monoisotopic (exact) mass is 278 g/mol. The highest BCUT2D eigenvalue weighted by Crippen LogP contribution is 2.46. The molecule has 0 aliphatic rings. The maximum Gasteiger partial charge on any atom is 0.421 e. The molecular formula is C9H5ClF6O. The van der Waals surface area contributed by atoms with Crippen molar-refractivity contribution in [3.8, 4) is 5.75 Å². The summed E-state index contributed by atoms with van der Waals surface area (Å²) in [6.07, 6.45) is -9.98. The van der Waals surface area contributed by atoms with Crippen LogP contribution < -0.4 is 4.74 Å². The molecule has 17 heavy (non-hydrogen) atoms. The summed E-state index contributed by atoms with van der Waals surface area (Å²) in [6.45, 7) is 0. The van der Waals surface area contributed by atoms with Gasteiger partial charge in [0.1, 0.15) is 11.3 Å². The number of methoxy groups -OCH3 is 1. The highest BCUT2D eigenvalue weighted by molar-refractivity contribution is 6.32. The molecule has 1 aromatic carbocycles. The molecule has 0 spiro atoms. The molecule has 0 radical (unpaired) electrons. The van der Waals surface area contributed by atoms with Gasteiger partial charge in [0, 0.05) is 0 Å². The highest BCUT2D eigenvalue weighted by atomic mass is 35.5. The summed E-state index contributed by atoms with van der Waals surface area (Å²) >= 11 is 5.14. The van der Waals surface area contributed by atoms with E-state index >= 15 is 0 Å². The molecule has 0 fully saturated rings. The molecule has 1 aromatic rings. The molecule has 0 aliphatic heterocycles. The molecule has 0 N–H and O–H groups in total. The van der Waals surface area contributed by atoms with Gasteiger partial charge in [-0.25, -0.2) is 0 Å². The van der Waals surface area contributed by atoms with Gasteiger partial charge in [0.25, 0.3) is 0 Å². The van der Waals surface area contributed by atoms with Crippen molar-refractivity contribution in [2.45, 2.75) is 12.4 Å². The molecule has 0 amide bonds. The summed E-state index contributed by atoms with van der Waals surface area (Å²) in [5, 5.41) is -1.41.